The van der Waals surface area contributed by atoms with E-state index in [1.54, 1.807) is 26.2 Å². The molecule has 8 nitrogen and oxygen atoms in total. The van der Waals surface area contributed by atoms with Crippen LogP contribution in [0.2, 0.25) is 0 Å². The first-order valence-corrected chi connectivity index (χ1v) is 11.7. The molecular formula is C25H35N3O5. The van der Waals surface area contributed by atoms with Gasteiger partial charge in [0.05, 0.1) is 32.9 Å². The van der Waals surface area contributed by atoms with E-state index in [-0.39, 0.29) is 17.9 Å². The highest BCUT2D eigenvalue weighted by molar-refractivity contribution is 6.05. The molecule has 1 aliphatic carbocycles. The van der Waals surface area contributed by atoms with Gasteiger partial charge in [0.2, 0.25) is 5.91 Å². The minimum Gasteiger partial charge on any atom is -0.496 e. The third-order valence-corrected chi connectivity index (χ3v) is 7.31. The van der Waals surface area contributed by atoms with Gasteiger partial charge in [-0.2, -0.15) is 0 Å². The predicted octanol–water partition coefficient (Wildman–Crippen LogP) is 3.21. The number of methoxy groups -OCH3 is 3. The molecule has 1 aromatic carbocycles. The van der Waals surface area contributed by atoms with Crippen LogP contribution in [-0.2, 0) is 16.1 Å². The third kappa shape index (κ3) is 4.05. The van der Waals surface area contributed by atoms with Crippen LogP contribution in [-0.4, -0.2) is 67.3 Å². The van der Waals surface area contributed by atoms with Crippen LogP contribution in [0, 0.1) is 5.92 Å². The molecule has 4 rings (SSSR count). The van der Waals surface area contributed by atoms with Crippen molar-refractivity contribution in [2.75, 3.05) is 34.5 Å². The Morgan fingerprint density at radius 2 is 1.79 bits per heavy atom. The fraction of sp³-hybridized carbons (Fsp3) is 0.600. The van der Waals surface area contributed by atoms with Gasteiger partial charge >= 0.3 is 0 Å². The largest absolute Gasteiger partial charge is 0.496 e. The summed E-state index contributed by atoms with van der Waals surface area (Å²) >= 11 is 0. The molecule has 0 spiro atoms. The molecule has 1 atom stereocenters. The molecule has 8 heteroatoms. The van der Waals surface area contributed by atoms with E-state index in [4.69, 9.17) is 14.2 Å². The summed E-state index contributed by atoms with van der Waals surface area (Å²) in [7, 11) is 4.81. The van der Waals surface area contributed by atoms with Crippen LogP contribution < -0.4 is 14.8 Å². The quantitative estimate of drug-likeness (QED) is 0.690. The minimum absolute atomic E-state index is 0.124. The molecule has 0 bridgehead atoms. The summed E-state index contributed by atoms with van der Waals surface area (Å²) in [6, 6.07) is 5.63. The lowest BCUT2D eigenvalue weighted by Crippen LogP contribution is -2.65. The van der Waals surface area contributed by atoms with Gasteiger partial charge in [0.25, 0.3) is 5.91 Å². The fourth-order valence-corrected chi connectivity index (χ4v) is 5.23. The van der Waals surface area contributed by atoms with Crippen LogP contribution in [0.3, 0.4) is 0 Å². The standard InChI is InChI=1S/C25H35N3O5/c1-16-6-8-17(9-7-16)26-24(30)25(2)15-27-19(23(29)28(25)12-13-31-3)14-18-20(32-4)10-11-21(33-5)22(18)27/h10-11,14,16-17H,6-9,12-13,15H2,1-5H3,(H,26,30)/t16?,17?,25-/m1/s1. The van der Waals surface area contributed by atoms with Gasteiger partial charge < -0.3 is 29.0 Å². The Hall–Kier alpha value is -2.74. The van der Waals surface area contributed by atoms with Crippen LogP contribution in [0.15, 0.2) is 18.2 Å². The van der Waals surface area contributed by atoms with E-state index in [9.17, 15) is 9.59 Å². The van der Waals surface area contributed by atoms with E-state index in [1.807, 2.05) is 29.7 Å². The highest BCUT2D eigenvalue weighted by Gasteiger charge is 2.48. The average Bonchev–Trinajstić information content (AvgIpc) is 3.19. The number of carbonyl (C=O) groups is 2. The molecule has 1 fully saturated rings. The Labute approximate surface area is 195 Å². The average molecular weight is 458 g/mol. The number of nitrogens with zero attached hydrogens (tertiary/aromatic N) is 2. The highest BCUT2D eigenvalue weighted by Crippen LogP contribution is 2.40. The first-order chi connectivity index (χ1) is 15.8. The molecule has 33 heavy (non-hydrogen) atoms. The zero-order chi connectivity index (χ0) is 23.8. The number of rotatable bonds is 7. The molecule has 0 radical (unpaired) electrons. The van der Waals surface area contributed by atoms with E-state index in [2.05, 4.69) is 12.2 Å². The van der Waals surface area contributed by atoms with Crippen LogP contribution >= 0.6 is 0 Å². The molecule has 0 unspecified atom stereocenters. The van der Waals surface area contributed by atoms with Crippen molar-refractivity contribution in [1.29, 1.82) is 0 Å². The van der Waals surface area contributed by atoms with Crippen LogP contribution in [0.1, 0.15) is 50.0 Å². The van der Waals surface area contributed by atoms with Crippen molar-refractivity contribution in [2.24, 2.45) is 5.92 Å². The SMILES string of the molecule is COCCN1C(=O)c2cc3c(OC)ccc(OC)c3n2C[C@]1(C)C(=O)NC1CCC(C)CC1. The van der Waals surface area contributed by atoms with E-state index in [0.29, 0.717) is 42.8 Å². The maximum Gasteiger partial charge on any atom is 0.271 e. The summed E-state index contributed by atoms with van der Waals surface area (Å²) in [6.45, 7) is 5.10. The Morgan fingerprint density at radius 3 is 2.42 bits per heavy atom. The Morgan fingerprint density at radius 1 is 1.12 bits per heavy atom. The third-order valence-electron chi connectivity index (χ3n) is 7.31. The molecule has 2 heterocycles. The number of aromatic nitrogens is 1. The van der Waals surface area contributed by atoms with Crippen molar-refractivity contribution >= 4 is 22.7 Å². The van der Waals surface area contributed by atoms with Crippen LogP contribution in [0.5, 0.6) is 11.5 Å². The van der Waals surface area contributed by atoms with Crippen molar-refractivity contribution in [2.45, 2.75) is 57.7 Å². The van der Waals surface area contributed by atoms with E-state index < -0.39 is 5.54 Å². The van der Waals surface area contributed by atoms with Gasteiger partial charge in [-0.3, -0.25) is 9.59 Å². The first kappa shape index (κ1) is 23.4. The van der Waals surface area contributed by atoms with Crippen molar-refractivity contribution < 1.29 is 23.8 Å². The van der Waals surface area contributed by atoms with Crippen molar-refractivity contribution in [3.05, 3.63) is 23.9 Å². The van der Waals surface area contributed by atoms with E-state index in [1.165, 1.54) is 0 Å². The monoisotopic (exact) mass is 457 g/mol. The summed E-state index contributed by atoms with van der Waals surface area (Å²) in [5.74, 6) is 1.67. The number of ether oxygens (including phenoxy) is 3. The lowest BCUT2D eigenvalue weighted by molar-refractivity contribution is -0.134. The number of nitrogens with one attached hydrogen (secondary N) is 1. The molecular weight excluding hydrogens is 422 g/mol. The van der Waals surface area contributed by atoms with Gasteiger partial charge in [-0.05, 0) is 56.7 Å². The summed E-state index contributed by atoms with van der Waals surface area (Å²) in [5, 5.41) is 4.05. The van der Waals surface area contributed by atoms with Gasteiger partial charge in [-0.15, -0.1) is 0 Å². The molecule has 180 valence electrons. The minimum atomic E-state index is -1.06. The number of hydrogen-bond donors (Lipinski definition) is 1. The summed E-state index contributed by atoms with van der Waals surface area (Å²) in [6.07, 6.45) is 4.16. The summed E-state index contributed by atoms with van der Waals surface area (Å²) in [4.78, 5) is 29.1. The Balaban J connectivity index is 1.76. The van der Waals surface area contributed by atoms with Crippen molar-refractivity contribution in [3.63, 3.8) is 0 Å². The first-order valence-electron chi connectivity index (χ1n) is 11.7. The van der Waals surface area contributed by atoms with Crippen molar-refractivity contribution in [3.8, 4) is 11.5 Å². The zero-order valence-corrected chi connectivity index (χ0v) is 20.3. The van der Waals surface area contributed by atoms with Crippen molar-refractivity contribution in [1.82, 2.24) is 14.8 Å². The number of hydrogen-bond acceptors (Lipinski definition) is 5. The highest BCUT2D eigenvalue weighted by atomic mass is 16.5. The van der Waals surface area contributed by atoms with Crippen LogP contribution in [0.25, 0.3) is 10.9 Å². The molecule has 0 saturated heterocycles. The normalized spacial score (nSPS) is 25.1. The topological polar surface area (TPSA) is 82.0 Å². The maximum atomic E-state index is 13.7. The lowest BCUT2D eigenvalue weighted by Gasteiger charge is -2.45. The second kappa shape index (κ2) is 9.25. The number of fused-ring (bicyclic) bond motifs is 3. The van der Waals surface area contributed by atoms with Gasteiger partial charge in [-0.25, -0.2) is 0 Å². The van der Waals surface area contributed by atoms with Gasteiger partial charge in [0.1, 0.15) is 22.7 Å². The second-order valence-corrected chi connectivity index (χ2v) is 9.50. The smallest absolute Gasteiger partial charge is 0.271 e. The fourth-order valence-electron chi connectivity index (χ4n) is 5.23. The van der Waals surface area contributed by atoms with E-state index >= 15 is 0 Å². The molecule has 1 saturated carbocycles. The van der Waals surface area contributed by atoms with Gasteiger partial charge in [0.15, 0.2) is 0 Å². The Kier molecular flexibility index (Phi) is 6.56. The summed E-state index contributed by atoms with van der Waals surface area (Å²) < 4.78 is 18.3. The Bertz CT molecular complexity index is 1040. The molecule has 1 aromatic heterocycles. The number of amides is 2. The zero-order valence-electron chi connectivity index (χ0n) is 20.3. The number of benzene rings is 1. The van der Waals surface area contributed by atoms with Gasteiger partial charge in [0, 0.05) is 25.1 Å². The second-order valence-electron chi connectivity index (χ2n) is 9.50. The van der Waals surface area contributed by atoms with Gasteiger partial charge in [-0.1, -0.05) is 6.92 Å². The molecule has 2 aliphatic rings. The summed E-state index contributed by atoms with van der Waals surface area (Å²) in [5.41, 5.74) is 0.212. The van der Waals surface area contributed by atoms with Crippen LogP contribution in [0.4, 0.5) is 0 Å². The maximum absolute atomic E-state index is 13.7. The molecule has 2 amide bonds. The predicted molar refractivity (Wildman–Crippen MR) is 126 cm³/mol. The molecule has 1 N–H and O–H groups in total. The molecule has 2 aromatic rings. The molecule has 1 aliphatic heterocycles. The number of carbonyl (C=O) groups excluding carboxylic acids is 2. The lowest BCUT2D eigenvalue weighted by atomic mass is 9.86. The van der Waals surface area contributed by atoms with E-state index in [0.717, 1.165) is 36.6 Å².